The SMILES string of the molecule is O=C(O)CNC(=O)c1ccc(Nc2ncnc3scc(-c4ccccc4)c23)cc1. The molecule has 8 heteroatoms. The molecule has 29 heavy (non-hydrogen) atoms. The first kappa shape index (κ1) is 18.6. The maximum absolute atomic E-state index is 11.9. The minimum absolute atomic E-state index is 0.380. The Morgan fingerprint density at radius 2 is 1.76 bits per heavy atom. The van der Waals surface area contributed by atoms with Crippen LogP contribution in [0.15, 0.2) is 66.3 Å². The van der Waals surface area contributed by atoms with Crippen LogP contribution in [0.4, 0.5) is 11.5 Å². The molecule has 2 heterocycles. The summed E-state index contributed by atoms with van der Waals surface area (Å²) in [6, 6.07) is 16.8. The van der Waals surface area contributed by atoms with E-state index in [2.05, 4.69) is 26.0 Å². The van der Waals surface area contributed by atoms with Crippen LogP contribution in [0.5, 0.6) is 0 Å². The lowest BCUT2D eigenvalue weighted by atomic mass is 10.1. The first-order chi connectivity index (χ1) is 14.1. The summed E-state index contributed by atoms with van der Waals surface area (Å²) in [5, 5.41) is 17.3. The van der Waals surface area contributed by atoms with Crippen molar-refractivity contribution in [3.8, 4) is 11.1 Å². The van der Waals surface area contributed by atoms with Gasteiger partial charge >= 0.3 is 5.97 Å². The zero-order valence-electron chi connectivity index (χ0n) is 15.1. The molecule has 1 amide bonds. The van der Waals surface area contributed by atoms with Crippen molar-refractivity contribution in [3.05, 3.63) is 71.9 Å². The molecule has 144 valence electrons. The molecule has 4 aromatic rings. The topological polar surface area (TPSA) is 104 Å². The van der Waals surface area contributed by atoms with Crippen LogP contribution in [0.1, 0.15) is 10.4 Å². The van der Waals surface area contributed by atoms with E-state index in [1.165, 1.54) is 6.33 Å². The number of carbonyl (C=O) groups is 2. The molecule has 0 unspecified atom stereocenters. The van der Waals surface area contributed by atoms with Crippen molar-refractivity contribution in [2.75, 3.05) is 11.9 Å². The molecule has 3 N–H and O–H groups in total. The van der Waals surface area contributed by atoms with Crippen LogP contribution in [0.25, 0.3) is 21.3 Å². The molecular formula is C21H16N4O3S. The van der Waals surface area contributed by atoms with Gasteiger partial charge in [0, 0.05) is 22.2 Å². The van der Waals surface area contributed by atoms with E-state index in [0.717, 1.165) is 27.0 Å². The normalized spacial score (nSPS) is 10.6. The van der Waals surface area contributed by atoms with E-state index in [9.17, 15) is 9.59 Å². The number of nitrogens with one attached hydrogen (secondary N) is 2. The molecule has 0 fully saturated rings. The van der Waals surface area contributed by atoms with Crippen LogP contribution in [0, 0.1) is 0 Å². The number of carboxylic acids is 1. The predicted molar refractivity (Wildman–Crippen MR) is 113 cm³/mol. The highest BCUT2D eigenvalue weighted by atomic mass is 32.1. The summed E-state index contributed by atoms with van der Waals surface area (Å²) in [4.78, 5) is 32.2. The van der Waals surface area contributed by atoms with Gasteiger partial charge in [-0.1, -0.05) is 30.3 Å². The number of nitrogens with zero attached hydrogens (tertiary/aromatic N) is 2. The Balaban J connectivity index is 1.61. The van der Waals surface area contributed by atoms with Crippen molar-refractivity contribution >= 4 is 44.9 Å². The lowest BCUT2D eigenvalue weighted by molar-refractivity contribution is -0.135. The number of amides is 1. The van der Waals surface area contributed by atoms with Gasteiger partial charge in [-0.2, -0.15) is 0 Å². The molecule has 2 aromatic carbocycles. The highest BCUT2D eigenvalue weighted by Gasteiger charge is 2.13. The predicted octanol–water partition coefficient (Wildman–Crippen LogP) is 3.92. The monoisotopic (exact) mass is 404 g/mol. The van der Waals surface area contributed by atoms with Crippen LogP contribution in [0.2, 0.25) is 0 Å². The van der Waals surface area contributed by atoms with E-state index >= 15 is 0 Å². The largest absolute Gasteiger partial charge is 0.480 e. The van der Waals surface area contributed by atoms with Gasteiger partial charge in [0.1, 0.15) is 23.5 Å². The number of anilines is 2. The fourth-order valence-corrected chi connectivity index (χ4v) is 3.82. The smallest absolute Gasteiger partial charge is 0.322 e. The number of hydrogen-bond acceptors (Lipinski definition) is 6. The molecule has 7 nitrogen and oxygen atoms in total. The second-order valence-corrected chi connectivity index (χ2v) is 7.05. The number of aromatic nitrogens is 2. The summed E-state index contributed by atoms with van der Waals surface area (Å²) < 4.78 is 0. The second-order valence-electron chi connectivity index (χ2n) is 6.20. The van der Waals surface area contributed by atoms with Crippen molar-refractivity contribution in [2.45, 2.75) is 0 Å². The summed E-state index contributed by atoms with van der Waals surface area (Å²) in [7, 11) is 0. The summed E-state index contributed by atoms with van der Waals surface area (Å²) in [5.41, 5.74) is 3.27. The Hall–Kier alpha value is -3.78. The van der Waals surface area contributed by atoms with E-state index < -0.39 is 18.4 Å². The average Bonchev–Trinajstić information content (AvgIpc) is 3.18. The zero-order valence-corrected chi connectivity index (χ0v) is 15.9. The molecule has 0 atom stereocenters. The van der Waals surface area contributed by atoms with Crippen molar-refractivity contribution in [1.82, 2.24) is 15.3 Å². The van der Waals surface area contributed by atoms with Gasteiger partial charge in [0.05, 0.1) is 5.39 Å². The van der Waals surface area contributed by atoms with E-state index in [-0.39, 0.29) is 0 Å². The third-order valence-electron chi connectivity index (χ3n) is 4.27. The summed E-state index contributed by atoms with van der Waals surface area (Å²) in [5.74, 6) is -0.847. The zero-order chi connectivity index (χ0) is 20.2. The van der Waals surface area contributed by atoms with Gasteiger partial charge in [0.15, 0.2) is 0 Å². The summed E-state index contributed by atoms with van der Waals surface area (Å²) in [6.07, 6.45) is 1.52. The number of benzene rings is 2. The molecule has 0 aliphatic heterocycles. The van der Waals surface area contributed by atoms with E-state index in [4.69, 9.17) is 5.11 Å². The molecule has 4 rings (SSSR count). The van der Waals surface area contributed by atoms with Crippen LogP contribution < -0.4 is 10.6 Å². The van der Waals surface area contributed by atoms with Gasteiger partial charge in [-0.05, 0) is 29.8 Å². The minimum atomic E-state index is -1.09. The highest BCUT2D eigenvalue weighted by Crippen LogP contribution is 2.37. The molecule has 0 saturated heterocycles. The van der Waals surface area contributed by atoms with Gasteiger partial charge in [0.2, 0.25) is 0 Å². The molecule has 2 aromatic heterocycles. The molecule has 0 aliphatic rings. The molecule has 0 radical (unpaired) electrons. The van der Waals surface area contributed by atoms with Gasteiger partial charge in [0.25, 0.3) is 5.91 Å². The standard InChI is InChI=1S/C21H16N4O3S/c26-17(27)10-22-20(28)14-6-8-15(9-7-14)25-19-18-16(13-4-2-1-3-5-13)11-29-21(18)24-12-23-19/h1-9,11-12H,10H2,(H,22,28)(H,26,27)(H,23,24,25). The first-order valence-electron chi connectivity index (χ1n) is 8.76. The summed E-state index contributed by atoms with van der Waals surface area (Å²) in [6.45, 7) is -0.418. The maximum Gasteiger partial charge on any atom is 0.322 e. The molecular weight excluding hydrogens is 388 g/mol. The van der Waals surface area contributed by atoms with Crippen LogP contribution in [-0.4, -0.2) is 33.5 Å². The second kappa shape index (κ2) is 8.07. The Morgan fingerprint density at radius 1 is 1.00 bits per heavy atom. The number of aliphatic carboxylic acids is 1. The fourth-order valence-electron chi connectivity index (χ4n) is 2.90. The van der Waals surface area contributed by atoms with Crippen LogP contribution in [-0.2, 0) is 4.79 Å². The van der Waals surface area contributed by atoms with Crippen molar-refractivity contribution in [3.63, 3.8) is 0 Å². The number of thiophene rings is 1. The highest BCUT2D eigenvalue weighted by molar-refractivity contribution is 7.17. The van der Waals surface area contributed by atoms with Gasteiger partial charge in [-0.15, -0.1) is 11.3 Å². The van der Waals surface area contributed by atoms with Gasteiger partial charge in [-0.25, -0.2) is 9.97 Å². The molecule has 0 aliphatic carbocycles. The number of carboxylic acid groups (broad SMARTS) is 1. The number of carbonyl (C=O) groups excluding carboxylic acids is 1. The number of fused-ring (bicyclic) bond motifs is 1. The molecule has 0 bridgehead atoms. The van der Waals surface area contributed by atoms with E-state index in [1.807, 2.05) is 30.3 Å². The van der Waals surface area contributed by atoms with E-state index in [0.29, 0.717) is 11.4 Å². The van der Waals surface area contributed by atoms with Gasteiger partial charge in [-0.3, -0.25) is 9.59 Å². The third-order valence-corrected chi connectivity index (χ3v) is 5.15. The average molecular weight is 404 g/mol. The number of hydrogen-bond donors (Lipinski definition) is 3. The Kier molecular flexibility index (Phi) is 5.17. The first-order valence-corrected chi connectivity index (χ1v) is 9.64. The fraction of sp³-hybridized carbons (Fsp3) is 0.0476. The molecule has 0 spiro atoms. The third kappa shape index (κ3) is 4.07. The Labute approximate surface area is 170 Å². The Morgan fingerprint density at radius 3 is 2.48 bits per heavy atom. The number of rotatable bonds is 6. The Bertz CT molecular complexity index is 1170. The molecule has 0 saturated carbocycles. The lowest BCUT2D eigenvalue weighted by Gasteiger charge is -2.09. The van der Waals surface area contributed by atoms with Crippen LogP contribution >= 0.6 is 11.3 Å². The van der Waals surface area contributed by atoms with Gasteiger partial charge < -0.3 is 15.7 Å². The van der Waals surface area contributed by atoms with Crippen LogP contribution in [0.3, 0.4) is 0 Å². The quantitative estimate of drug-likeness (QED) is 0.450. The van der Waals surface area contributed by atoms with Crippen molar-refractivity contribution in [2.24, 2.45) is 0 Å². The lowest BCUT2D eigenvalue weighted by Crippen LogP contribution is -2.29. The maximum atomic E-state index is 11.9. The summed E-state index contributed by atoms with van der Waals surface area (Å²) >= 11 is 1.56. The van der Waals surface area contributed by atoms with Crippen molar-refractivity contribution in [1.29, 1.82) is 0 Å². The van der Waals surface area contributed by atoms with Crippen molar-refractivity contribution < 1.29 is 14.7 Å². The van der Waals surface area contributed by atoms with E-state index in [1.54, 1.807) is 35.6 Å². The minimum Gasteiger partial charge on any atom is -0.480 e.